The van der Waals surface area contributed by atoms with Gasteiger partial charge in [-0.3, -0.25) is 0 Å². The number of fused-ring (bicyclic) bond motifs is 4. The normalized spacial score (nSPS) is 41.4. The molecule has 1 aromatic carbocycles. The molecule has 236 valence electrons. The van der Waals surface area contributed by atoms with Gasteiger partial charge in [0, 0.05) is 17.8 Å². The van der Waals surface area contributed by atoms with Crippen LogP contribution in [-0.4, -0.2) is 57.2 Å². The van der Waals surface area contributed by atoms with Crippen molar-refractivity contribution in [3.05, 3.63) is 58.2 Å². The molecule has 5 aliphatic carbocycles. The van der Waals surface area contributed by atoms with Crippen LogP contribution in [-0.2, 0) is 9.57 Å². The number of ether oxygens (including phenoxy) is 1. The smallest absolute Gasteiger partial charge is 0.336 e. The predicted molar refractivity (Wildman–Crippen MR) is 162 cm³/mol. The quantitative estimate of drug-likeness (QED) is 0.277. The van der Waals surface area contributed by atoms with E-state index < -0.39 is 41.5 Å². The third kappa shape index (κ3) is 4.69. The van der Waals surface area contributed by atoms with E-state index >= 15 is 8.78 Å². The van der Waals surface area contributed by atoms with Crippen molar-refractivity contribution in [2.45, 2.75) is 126 Å². The lowest BCUT2D eigenvalue weighted by Gasteiger charge is -2.55. The van der Waals surface area contributed by atoms with Crippen molar-refractivity contribution in [2.24, 2.45) is 22.4 Å². The van der Waals surface area contributed by atoms with Crippen molar-refractivity contribution >= 4 is 5.71 Å². The molecule has 1 saturated heterocycles. The van der Waals surface area contributed by atoms with Crippen molar-refractivity contribution in [2.75, 3.05) is 0 Å². The summed E-state index contributed by atoms with van der Waals surface area (Å²) in [5, 5.41) is 36.2. The van der Waals surface area contributed by atoms with Gasteiger partial charge in [-0.1, -0.05) is 41.9 Å². The van der Waals surface area contributed by atoms with Gasteiger partial charge in [-0.15, -0.1) is 6.42 Å². The van der Waals surface area contributed by atoms with Gasteiger partial charge in [0.2, 0.25) is 6.29 Å². The van der Waals surface area contributed by atoms with Gasteiger partial charge in [0.1, 0.15) is 11.7 Å². The fourth-order valence-electron chi connectivity index (χ4n) is 9.32. The molecule has 1 aliphatic heterocycles. The van der Waals surface area contributed by atoms with E-state index in [0.29, 0.717) is 25.2 Å². The molecule has 0 aromatic heterocycles. The van der Waals surface area contributed by atoms with E-state index in [1.807, 2.05) is 6.92 Å². The average molecular weight is 608 g/mol. The molecule has 0 amide bonds. The molecule has 4 fully saturated rings. The zero-order valence-electron chi connectivity index (χ0n) is 25.5. The summed E-state index contributed by atoms with van der Waals surface area (Å²) in [5.41, 5.74) is 3.84. The largest absolute Gasteiger partial charge is 0.390 e. The number of alkyl halides is 2. The molecule has 8 heteroatoms. The van der Waals surface area contributed by atoms with Crippen molar-refractivity contribution in [1.82, 2.24) is 0 Å². The molecule has 44 heavy (non-hydrogen) atoms. The standard InChI is InChI=1S/C36H43F2NO5/c1-4-36(37,38)35(42)16-15-29-27-13-11-24-17-25(39-44-31-18-30(40)33(41)20(2)43-31)12-14-26(24)32(27)28(19-34(29,35)3)23-9-7-22(8-10-23)21-5-6-21/h1,7-10,17,20-21,27-31,33,40-42H,5-6,11-16,18-19H2,2-3H3/b39-25-/t20-,27-,28-,29-,30-,31-,33+,34-,35-/m0/s1. The Morgan fingerprint density at radius 1 is 1.07 bits per heavy atom. The minimum Gasteiger partial charge on any atom is -0.390 e. The van der Waals surface area contributed by atoms with Crippen LogP contribution in [0.3, 0.4) is 0 Å². The average Bonchev–Trinajstić information content (AvgIpc) is 3.83. The number of allylic oxidation sites excluding steroid dienone is 4. The fourth-order valence-corrected chi connectivity index (χ4v) is 9.32. The predicted octanol–water partition coefficient (Wildman–Crippen LogP) is 6.12. The lowest BCUT2D eigenvalue weighted by molar-refractivity contribution is -0.246. The topological polar surface area (TPSA) is 91.5 Å². The lowest BCUT2D eigenvalue weighted by Crippen LogP contribution is -2.60. The number of oxime groups is 1. The van der Waals surface area contributed by atoms with E-state index in [2.05, 4.69) is 35.5 Å². The van der Waals surface area contributed by atoms with E-state index in [9.17, 15) is 15.3 Å². The van der Waals surface area contributed by atoms with Crippen LogP contribution in [0.5, 0.6) is 0 Å². The maximum atomic E-state index is 15.4. The molecule has 1 heterocycles. The second kappa shape index (κ2) is 10.8. The summed E-state index contributed by atoms with van der Waals surface area (Å²) in [6.07, 6.45) is 10.8. The van der Waals surface area contributed by atoms with Crippen molar-refractivity contribution < 1.29 is 33.7 Å². The van der Waals surface area contributed by atoms with E-state index in [1.165, 1.54) is 35.1 Å². The number of aliphatic hydroxyl groups is 3. The van der Waals surface area contributed by atoms with Crippen LogP contribution in [0.2, 0.25) is 0 Å². The lowest BCUT2D eigenvalue weighted by atomic mass is 9.50. The zero-order chi connectivity index (χ0) is 31.0. The second-order valence-corrected chi connectivity index (χ2v) is 14.3. The minimum atomic E-state index is -3.61. The van der Waals surface area contributed by atoms with Crippen molar-refractivity contribution in [1.29, 1.82) is 0 Å². The van der Waals surface area contributed by atoms with Crippen LogP contribution >= 0.6 is 0 Å². The second-order valence-electron chi connectivity index (χ2n) is 14.3. The first-order chi connectivity index (χ1) is 21.0. The van der Waals surface area contributed by atoms with E-state index in [0.717, 1.165) is 30.5 Å². The number of rotatable bonds is 5. The highest BCUT2D eigenvalue weighted by Crippen LogP contribution is 2.69. The molecule has 0 radical (unpaired) electrons. The number of nitrogens with zero attached hydrogens (tertiary/aromatic N) is 1. The molecule has 0 spiro atoms. The number of hydrogen-bond acceptors (Lipinski definition) is 6. The van der Waals surface area contributed by atoms with Crippen LogP contribution in [0.1, 0.15) is 101 Å². The first-order valence-electron chi connectivity index (χ1n) is 16.3. The highest BCUT2D eigenvalue weighted by Gasteiger charge is 2.71. The Balaban J connectivity index is 1.24. The Morgan fingerprint density at radius 3 is 2.48 bits per heavy atom. The third-order valence-electron chi connectivity index (χ3n) is 12.0. The molecular formula is C36H43F2NO5. The van der Waals surface area contributed by atoms with Gasteiger partial charge in [0.15, 0.2) is 0 Å². The monoisotopic (exact) mass is 607 g/mol. The first kappa shape index (κ1) is 30.1. The molecule has 0 unspecified atom stereocenters. The summed E-state index contributed by atoms with van der Waals surface area (Å²) < 4.78 is 36.4. The van der Waals surface area contributed by atoms with Gasteiger partial charge < -0.3 is 24.9 Å². The van der Waals surface area contributed by atoms with Gasteiger partial charge in [0.05, 0.1) is 17.9 Å². The molecule has 9 atom stereocenters. The summed E-state index contributed by atoms with van der Waals surface area (Å²) in [7, 11) is 0. The SMILES string of the molecule is C#CC(F)(F)[C@]1(O)CC[C@H]2[C@@H]3CCC4=C/C(=N\O[C@H]5C[C@H](O)[C@H](O)[C@H](C)O5)CCC4=C3[C@H](c3ccc(C4CC4)cc3)C[C@@]21C. The van der Waals surface area contributed by atoms with Crippen molar-refractivity contribution in [3.8, 4) is 12.3 Å². The number of hydrogen-bond donors (Lipinski definition) is 3. The van der Waals surface area contributed by atoms with Crippen LogP contribution in [0.25, 0.3) is 0 Å². The first-order valence-corrected chi connectivity index (χ1v) is 16.3. The van der Waals surface area contributed by atoms with Crippen LogP contribution < -0.4 is 0 Å². The molecule has 6 nitrogen and oxygen atoms in total. The van der Waals surface area contributed by atoms with Gasteiger partial charge in [-0.05, 0) is 117 Å². The highest BCUT2D eigenvalue weighted by molar-refractivity contribution is 5.97. The van der Waals surface area contributed by atoms with Crippen LogP contribution in [0.4, 0.5) is 8.78 Å². The minimum absolute atomic E-state index is 0.00222. The van der Waals surface area contributed by atoms with Gasteiger partial charge in [0.25, 0.3) is 0 Å². The maximum Gasteiger partial charge on any atom is 0.336 e. The van der Waals surface area contributed by atoms with Gasteiger partial charge in [-0.25, -0.2) is 0 Å². The van der Waals surface area contributed by atoms with Crippen molar-refractivity contribution in [3.63, 3.8) is 0 Å². The zero-order valence-corrected chi connectivity index (χ0v) is 25.5. The maximum absolute atomic E-state index is 15.4. The summed E-state index contributed by atoms with van der Waals surface area (Å²) in [5.74, 6) is -1.40. The number of aliphatic hydroxyl groups excluding tert-OH is 2. The van der Waals surface area contributed by atoms with E-state index in [-0.39, 0.29) is 30.6 Å². The Bertz CT molecular complexity index is 1430. The summed E-state index contributed by atoms with van der Waals surface area (Å²) >= 11 is 0. The highest BCUT2D eigenvalue weighted by atomic mass is 19.3. The van der Waals surface area contributed by atoms with Crippen LogP contribution in [0.15, 0.2) is 52.2 Å². The molecule has 7 rings (SSSR count). The van der Waals surface area contributed by atoms with E-state index in [1.54, 1.807) is 12.8 Å². The molecule has 0 bridgehead atoms. The Hall–Kier alpha value is -2.57. The van der Waals surface area contributed by atoms with E-state index in [4.69, 9.17) is 16.0 Å². The molecule has 3 saturated carbocycles. The Morgan fingerprint density at radius 2 is 1.80 bits per heavy atom. The molecule has 1 aromatic rings. The molecular weight excluding hydrogens is 564 g/mol. The Kier molecular flexibility index (Phi) is 7.36. The van der Waals surface area contributed by atoms with Crippen LogP contribution in [0, 0.1) is 29.6 Å². The third-order valence-corrected chi connectivity index (χ3v) is 12.0. The summed E-state index contributed by atoms with van der Waals surface area (Å²) in [4.78, 5) is 5.68. The number of halogens is 2. The number of benzene rings is 1. The van der Waals surface area contributed by atoms with Gasteiger partial charge in [-0.2, -0.15) is 8.78 Å². The molecule has 3 N–H and O–H groups in total. The molecule has 6 aliphatic rings. The number of terminal acetylenes is 1. The van der Waals surface area contributed by atoms with Gasteiger partial charge >= 0.3 is 5.92 Å². The fraction of sp³-hybridized carbons (Fsp3) is 0.639. The summed E-state index contributed by atoms with van der Waals surface area (Å²) in [6, 6.07) is 8.76. The Labute approximate surface area is 258 Å². The summed E-state index contributed by atoms with van der Waals surface area (Å²) in [6.45, 7) is 3.56.